The molecule has 0 aliphatic rings. The summed E-state index contributed by atoms with van der Waals surface area (Å²) in [5.41, 5.74) is 1.13. The first-order valence-electron chi connectivity index (χ1n) is 6.06. The van der Waals surface area contributed by atoms with Crippen molar-refractivity contribution in [3.8, 4) is 0 Å². The summed E-state index contributed by atoms with van der Waals surface area (Å²) in [6.45, 7) is 0.756. The van der Waals surface area contributed by atoms with E-state index < -0.39 is 0 Å². The van der Waals surface area contributed by atoms with E-state index in [4.69, 9.17) is 0 Å². The van der Waals surface area contributed by atoms with Gasteiger partial charge in [0, 0.05) is 42.6 Å². The van der Waals surface area contributed by atoms with Gasteiger partial charge in [-0.25, -0.2) is 4.98 Å². The first-order valence-corrected chi connectivity index (χ1v) is 6.94. The monoisotopic (exact) mass is 273 g/mol. The highest BCUT2D eigenvalue weighted by atomic mass is 32.1. The van der Waals surface area contributed by atoms with E-state index in [1.54, 1.807) is 11.3 Å². The van der Waals surface area contributed by atoms with E-state index in [9.17, 15) is 0 Å². The molecule has 0 aliphatic heterocycles. The Morgan fingerprint density at radius 1 is 1.53 bits per heavy atom. The lowest BCUT2D eigenvalue weighted by molar-refractivity contribution is 0.565. The normalized spacial score (nSPS) is 12.7. The zero-order valence-corrected chi connectivity index (χ0v) is 11.4. The van der Waals surface area contributed by atoms with E-state index in [0.29, 0.717) is 0 Å². The number of thiophene rings is 1. The van der Waals surface area contributed by atoms with E-state index in [2.05, 4.69) is 38.0 Å². The van der Waals surface area contributed by atoms with Gasteiger partial charge in [0.1, 0.15) is 11.9 Å². The van der Waals surface area contributed by atoms with Crippen molar-refractivity contribution in [2.24, 2.45) is 7.05 Å². The van der Waals surface area contributed by atoms with Crippen LogP contribution < -0.4 is 5.32 Å². The number of rotatable bonds is 5. The molecule has 3 rings (SSSR count). The average Bonchev–Trinajstić information content (AvgIpc) is 3.13. The minimum atomic E-state index is 0.106. The third-order valence-electron chi connectivity index (χ3n) is 3.01. The molecule has 3 aromatic rings. The zero-order chi connectivity index (χ0) is 13.1. The molecule has 0 saturated carbocycles. The number of H-pyrrole nitrogens is 1. The number of aromatic amines is 1. The first-order chi connectivity index (χ1) is 9.34. The third-order valence-corrected chi connectivity index (χ3v) is 3.95. The second-order valence-corrected chi connectivity index (χ2v) is 5.31. The van der Waals surface area contributed by atoms with Gasteiger partial charge in [-0.2, -0.15) is 5.10 Å². The zero-order valence-electron chi connectivity index (χ0n) is 10.6. The molecular weight excluding hydrogens is 258 g/mol. The molecule has 3 aromatic heterocycles. The molecule has 6 heteroatoms. The first kappa shape index (κ1) is 12.1. The topological polar surface area (TPSA) is 58.5 Å². The van der Waals surface area contributed by atoms with Crippen molar-refractivity contribution in [3.05, 3.63) is 58.6 Å². The fourth-order valence-electron chi connectivity index (χ4n) is 2.02. The van der Waals surface area contributed by atoms with E-state index >= 15 is 0 Å². The van der Waals surface area contributed by atoms with Crippen molar-refractivity contribution in [3.63, 3.8) is 0 Å². The number of hydrogen-bond acceptors (Lipinski definition) is 4. The molecule has 98 valence electrons. The minimum Gasteiger partial charge on any atom is -0.336 e. The number of hydrogen-bond donors (Lipinski definition) is 2. The summed E-state index contributed by atoms with van der Waals surface area (Å²) in [6, 6.07) is 4.30. The van der Waals surface area contributed by atoms with Crippen LogP contribution in [-0.2, 0) is 13.6 Å². The number of imidazole rings is 1. The quantitative estimate of drug-likeness (QED) is 0.748. The number of nitrogens with one attached hydrogen (secondary N) is 2. The van der Waals surface area contributed by atoms with Crippen LogP contribution in [0.1, 0.15) is 22.3 Å². The molecule has 1 unspecified atom stereocenters. The van der Waals surface area contributed by atoms with Crippen LogP contribution in [0.5, 0.6) is 0 Å². The molecule has 2 N–H and O–H groups in total. The van der Waals surface area contributed by atoms with Gasteiger partial charge in [-0.3, -0.25) is 10.4 Å². The van der Waals surface area contributed by atoms with E-state index in [0.717, 1.165) is 17.9 Å². The molecule has 19 heavy (non-hydrogen) atoms. The maximum Gasteiger partial charge on any atom is 0.131 e. The van der Waals surface area contributed by atoms with Crippen LogP contribution in [0.15, 0.2) is 42.3 Å². The third kappa shape index (κ3) is 2.59. The second kappa shape index (κ2) is 5.38. The van der Waals surface area contributed by atoms with Crippen molar-refractivity contribution in [1.82, 2.24) is 25.1 Å². The smallest absolute Gasteiger partial charge is 0.131 e. The predicted octanol–water partition coefficient (Wildman–Crippen LogP) is 2.08. The Morgan fingerprint density at radius 2 is 2.47 bits per heavy atom. The van der Waals surface area contributed by atoms with Crippen molar-refractivity contribution < 1.29 is 0 Å². The SMILES string of the molecule is Cn1ccnc1C(NCc1cn[nH]c1)c1cccs1. The fraction of sp³-hybridized carbons (Fsp3) is 0.231. The summed E-state index contributed by atoms with van der Waals surface area (Å²) < 4.78 is 2.05. The van der Waals surface area contributed by atoms with Crippen LogP contribution in [0.25, 0.3) is 0 Å². The van der Waals surface area contributed by atoms with E-state index in [1.165, 1.54) is 4.88 Å². The Hall–Kier alpha value is -1.92. The summed E-state index contributed by atoms with van der Waals surface area (Å²) in [4.78, 5) is 5.72. The van der Waals surface area contributed by atoms with Gasteiger partial charge in [0.2, 0.25) is 0 Å². The standard InChI is InChI=1S/C13H15N5S/c1-18-5-4-14-13(18)12(11-3-2-6-19-11)15-7-10-8-16-17-9-10/h2-6,8-9,12,15H,7H2,1H3,(H,16,17). The van der Waals surface area contributed by atoms with Gasteiger partial charge in [-0.05, 0) is 11.4 Å². The molecule has 3 heterocycles. The molecule has 0 aliphatic carbocycles. The lowest BCUT2D eigenvalue weighted by atomic mass is 10.2. The summed E-state index contributed by atoms with van der Waals surface area (Å²) >= 11 is 1.74. The summed E-state index contributed by atoms with van der Waals surface area (Å²) in [5, 5.41) is 12.4. The molecule has 0 fully saturated rings. The van der Waals surface area contributed by atoms with Gasteiger partial charge in [-0.1, -0.05) is 6.07 Å². The lowest BCUT2D eigenvalue weighted by Crippen LogP contribution is -2.23. The van der Waals surface area contributed by atoms with Crippen molar-refractivity contribution >= 4 is 11.3 Å². The van der Waals surface area contributed by atoms with Crippen LogP contribution >= 0.6 is 11.3 Å². The summed E-state index contributed by atoms with van der Waals surface area (Å²) in [5.74, 6) is 1.02. The van der Waals surface area contributed by atoms with E-state index in [-0.39, 0.29) is 6.04 Å². The van der Waals surface area contributed by atoms with Crippen molar-refractivity contribution in [1.29, 1.82) is 0 Å². The molecule has 0 radical (unpaired) electrons. The number of aryl methyl sites for hydroxylation is 1. The molecule has 0 bridgehead atoms. The summed E-state index contributed by atoms with van der Waals surface area (Å²) in [7, 11) is 2.02. The number of nitrogens with zero attached hydrogens (tertiary/aromatic N) is 3. The summed E-state index contributed by atoms with van der Waals surface area (Å²) in [6.07, 6.45) is 7.53. The van der Waals surface area contributed by atoms with Crippen molar-refractivity contribution in [2.75, 3.05) is 0 Å². The van der Waals surface area contributed by atoms with Gasteiger partial charge in [0.25, 0.3) is 0 Å². The van der Waals surface area contributed by atoms with Gasteiger partial charge >= 0.3 is 0 Å². The Morgan fingerprint density at radius 3 is 3.11 bits per heavy atom. The highest BCUT2D eigenvalue weighted by Crippen LogP contribution is 2.24. The van der Waals surface area contributed by atoms with Crippen LogP contribution in [0.4, 0.5) is 0 Å². The highest BCUT2D eigenvalue weighted by Gasteiger charge is 2.18. The molecule has 0 amide bonds. The Kier molecular flexibility index (Phi) is 3.43. The highest BCUT2D eigenvalue weighted by molar-refractivity contribution is 7.10. The minimum absolute atomic E-state index is 0.106. The average molecular weight is 273 g/mol. The second-order valence-electron chi connectivity index (χ2n) is 4.33. The van der Waals surface area contributed by atoms with E-state index in [1.807, 2.05) is 36.4 Å². The molecule has 0 aromatic carbocycles. The van der Waals surface area contributed by atoms with Gasteiger partial charge in [0.05, 0.1) is 6.20 Å². The Balaban J connectivity index is 1.83. The molecule has 5 nitrogen and oxygen atoms in total. The van der Waals surface area contributed by atoms with Crippen LogP contribution in [-0.4, -0.2) is 19.7 Å². The van der Waals surface area contributed by atoms with Gasteiger partial charge in [-0.15, -0.1) is 11.3 Å². The Bertz CT molecular complexity index is 611. The lowest BCUT2D eigenvalue weighted by Gasteiger charge is -2.16. The fourth-order valence-corrected chi connectivity index (χ4v) is 2.82. The maximum atomic E-state index is 4.46. The predicted molar refractivity (Wildman–Crippen MR) is 74.8 cm³/mol. The molecule has 0 spiro atoms. The van der Waals surface area contributed by atoms with Crippen LogP contribution in [0, 0.1) is 0 Å². The number of aromatic nitrogens is 4. The molecule has 1 atom stereocenters. The van der Waals surface area contributed by atoms with Gasteiger partial charge < -0.3 is 4.57 Å². The van der Waals surface area contributed by atoms with Crippen molar-refractivity contribution in [2.45, 2.75) is 12.6 Å². The Labute approximate surface area is 115 Å². The largest absolute Gasteiger partial charge is 0.336 e. The molecular formula is C13H15N5S. The van der Waals surface area contributed by atoms with Gasteiger partial charge in [0.15, 0.2) is 0 Å². The maximum absolute atomic E-state index is 4.46. The van der Waals surface area contributed by atoms with Crippen LogP contribution in [0.2, 0.25) is 0 Å². The molecule has 0 saturated heterocycles. The van der Waals surface area contributed by atoms with Crippen LogP contribution in [0.3, 0.4) is 0 Å².